The summed E-state index contributed by atoms with van der Waals surface area (Å²) in [6.07, 6.45) is 8.19. The van der Waals surface area contributed by atoms with Gasteiger partial charge in [0.1, 0.15) is 11.9 Å². The van der Waals surface area contributed by atoms with E-state index in [-0.39, 0.29) is 17.9 Å². The molecule has 136 valence electrons. The fraction of sp³-hybridized carbons (Fsp3) is 0.526. The first kappa shape index (κ1) is 15.8. The van der Waals surface area contributed by atoms with Gasteiger partial charge in [0.05, 0.1) is 23.4 Å². The van der Waals surface area contributed by atoms with Gasteiger partial charge in [-0.05, 0) is 31.2 Å². The molecule has 0 unspecified atom stereocenters. The Morgan fingerprint density at radius 2 is 2.19 bits per heavy atom. The third kappa shape index (κ3) is 2.41. The number of aromatic amines is 1. The van der Waals surface area contributed by atoms with Crippen LogP contribution in [0.4, 0.5) is 0 Å². The Labute approximate surface area is 151 Å². The molecule has 3 aromatic heterocycles. The van der Waals surface area contributed by atoms with E-state index in [4.69, 9.17) is 9.72 Å². The number of carbonyl (C=O) groups excluding carboxylic acids is 1. The Hall–Kier alpha value is -2.41. The Bertz CT molecular complexity index is 955. The van der Waals surface area contributed by atoms with E-state index >= 15 is 0 Å². The average Bonchev–Trinajstić information content (AvgIpc) is 3.40. The van der Waals surface area contributed by atoms with Crippen LogP contribution in [-0.4, -0.2) is 56.0 Å². The number of nitrogens with one attached hydrogen (secondary N) is 1. The molecule has 7 heteroatoms. The zero-order valence-corrected chi connectivity index (χ0v) is 14.9. The second kappa shape index (κ2) is 6.09. The van der Waals surface area contributed by atoms with E-state index in [0.29, 0.717) is 19.1 Å². The highest BCUT2D eigenvalue weighted by molar-refractivity contribution is 5.81. The van der Waals surface area contributed by atoms with Crippen LogP contribution in [-0.2, 0) is 9.53 Å². The minimum atomic E-state index is -0.248. The summed E-state index contributed by atoms with van der Waals surface area (Å²) in [7, 11) is 0. The molecular formula is C19H23N5O2. The zero-order chi connectivity index (χ0) is 17.7. The van der Waals surface area contributed by atoms with E-state index in [1.165, 1.54) is 0 Å². The zero-order valence-electron chi connectivity index (χ0n) is 14.9. The lowest BCUT2D eigenvalue weighted by Gasteiger charge is -2.37. The quantitative estimate of drug-likeness (QED) is 0.767. The Kier molecular flexibility index (Phi) is 3.70. The Balaban J connectivity index is 1.51. The molecule has 0 aromatic carbocycles. The molecule has 3 aromatic rings. The Morgan fingerprint density at radius 1 is 1.31 bits per heavy atom. The fourth-order valence-electron chi connectivity index (χ4n) is 4.34. The maximum Gasteiger partial charge on any atom is 0.251 e. The van der Waals surface area contributed by atoms with Gasteiger partial charge >= 0.3 is 0 Å². The molecule has 2 aliphatic heterocycles. The molecule has 2 aliphatic rings. The van der Waals surface area contributed by atoms with Crippen LogP contribution in [0.1, 0.15) is 37.9 Å². The van der Waals surface area contributed by atoms with Gasteiger partial charge in [-0.25, -0.2) is 9.97 Å². The van der Waals surface area contributed by atoms with E-state index < -0.39 is 0 Å². The Morgan fingerprint density at radius 3 is 3.04 bits per heavy atom. The number of amides is 1. The normalized spacial score (nSPS) is 26.8. The molecule has 3 atom stereocenters. The highest BCUT2D eigenvalue weighted by Gasteiger charge is 2.36. The van der Waals surface area contributed by atoms with Gasteiger partial charge in [0, 0.05) is 31.8 Å². The van der Waals surface area contributed by atoms with Crippen molar-refractivity contribution >= 4 is 22.6 Å². The van der Waals surface area contributed by atoms with Gasteiger partial charge in [-0.15, -0.1) is 0 Å². The number of ether oxygens (including phenoxy) is 1. The van der Waals surface area contributed by atoms with Crippen LogP contribution < -0.4 is 0 Å². The highest BCUT2D eigenvalue weighted by Crippen LogP contribution is 2.33. The van der Waals surface area contributed by atoms with Crippen molar-refractivity contribution in [1.29, 1.82) is 0 Å². The molecule has 0 spiro atoms. The van der Waals surface area contributed by atoms with E-state index in [2.05, 4.69) is 21.3 Å². The van der Waals surface area contributed by atoms with Gasteiger partial charge in [-0.2, -0.15) is 0 Å². The van der Waals surface area contributed by atoms with Crippen molar-refractivity contribution in [2.45, 2.75) is 38.2 Å². The largest absolute Gasteiger partial charge is 0.368 e. The van der Waals surface area contributed by atoms with Crippen LogP contribution in [0, 0.1) is 5.92 Å². The third-order valence-corrected chi connectivity index (χ3v) is 5.89. The second-order valence-electron chi connectivity index (χ2n) is 7.50. The SMILES string of the molecule is C[C@@H]1CCN(C(=O)[C@@H]2CCCO2)C[C@@H]1c1ncc2cnc3[nH]ccc3n12. The molecule has 2 fully saturated rings. The molecule has 0 aliphatic carbocycles. The summed E-state index contributed by atoms with van der Waals surface area (Å²) in [6.45, 7) is 4.47. The number of rotatable bonds is 2. The van der Waals surface area contributed by atoms with Gasteiger partial charge in [0.2, 0.25) is 0 Å². The molecule has 2 saturated heterocycles. The summed E-state index contributed by atoms with van der Waals surface area (Å²) < 4.78 is 7.79. The van der Waals surface area contributed by atoms with E-state index in [1.54, 1.807) is 0 Å². The molecule has 0 saturated carbocycles. The summed E-state index contributed by atoms with van der Waals surface area (Å²) >= 11 is 0. The molecule has 26 heavy (non-hydrogen) atoms. The summed E-state index contributed by atoms with van der Waals surface area (Å²) in [4.78, 5) is 27.1. The number of likely N-dealkylation sites (tertiary alicyclic amines) is 1. The molecular weight excluding hydrogens is 330 g/mol. The van der Waals surface area contributed by atoms with Crippen molar-refractivity contribution in [1.82, 2.24) is 24.3 Å². The van der Waals surface area contributed by atoms with Gasteiger partial charge < -0.3 is 14.6 Å². The molecule has 5 rings (SSSR count). The van der Waals surface area contributed by atoms with Crippen LogP contribution in [0.15, 0.2) is 24.7 Å². The topological polar surface area (TPSA) is 75.5 Å². The lowest BCUT2D eigenvalue weighted by molar-refractivity contribution is -0.142. The predicted octanol–water partition coefficient (Wildman–Crippen LogP) is 2.34. The van der Waals surface area contributed by atoms with Gasteiger partial charge in [-0.3, -0.25) is 9.20 Å². The molecule has 0 bridgehead atoms. The highest BCUT2D eigenvalue weighted by atomic mass is 16.5. The molecule has 0 radical (unpaired) electrons. The first-order chi connectivity index (χ1) is 12.7. The van der Waals surface area contributed by atoms with Crippen molar-refractivity contribution < 1.29 is 9.53 Å². The molecule has 5 heterocycles. The van der Waals surface area contributed by atoms with Gasteiger partial charge in [-0.1, -0.05) is 6.92 Å². The number of carbonyl (C=O) groups is 1. The summed E-state index contributed by atoms with van der Waals surface area (Å²) in [5, 5.41) is 0. The minimum absolute atomic E-state index is 0.147. The average molecular weight is 353 g/mol. The minimum Gasteiger partial charge on any atom is -0.368 e. The number of imidazole rings is 1. The number of nitrogens with zero attached hydrogens (tertiary/aromatic N) is 4. The number of aromatic nitrogens is 4. The molecule has 1 N–H and O–H groups in total. The summed E-state index contributed by atoms with van der Waals surface area (Å²) in [5.41, 5.74) is 2.87. The lowest BCUT2D eigenvalue weighted by atomic mass is 9.86. The van der Waals surface area contributed by atoms with Gasteiger partial charge in [0.25, 0.3) is 5.91 Å². The first-order valence-electron chi connectivity index (χ1n) is 9.42. The fourth-order valence-corrected chi connectivity index (χ4v) is 4.34. The number of piperidine rings is 1. The smallest absolute Gasteiger partial charge is 0.251 e. The number of fused-ring (bicyclic) bond motifs is 3. The molecule has 7 nitrogen and oxygen atoms in total. The van der Waals surface area contributed by atoms with Crippen LogP contribution >= 0.6 is 0 Å². The second-order valence-corrected chi connectivity index (χ2v) is 7.50. The standard InChI is InChI=1S/C19H23N5O2/c1-12-5-7-23(19(25)16-3-2-8-26-16)11-14(12)18-22-10-13-9-21-17-15(24(13)18)4-6-20-17/h4,6,9-10,12,14,16,20H,2-3,5,7-8,11H2,1H3/t12-,14+,16+/m1/s1. The van der Waals surface area contributed by atoms with Crippen LogP contribution in [0.3, 0.4) is 0 Å². The van der Waals surface area contributed by atoms with Crippen molar-refractivity contribution in [2.75, 3.05) is 19.7 Å². The third-order valence-electron chi connectivity index (χ3n) is 5.89. The van der Waals surface area contributed by atoms with E-state index in [9.17, 15) is 4.79 Å². The van der Waals surface area contributed by atoms with Crippen molar-refractivity contribution in [3.63, 3.8) is 0 Å². The number of H-pyrrole nitrogens is 1. The number of hydrogen-bond acceptors (Lipinski definition) is 4. The summed E-state index contributed by atoms with van der Waals surface area (Å²) in [5.74, 6) is 1.84. The van der Waals surface area contributed by atoms with Crippen LogP contribution in [0.25, 0.3) is 16.7 Å². The monoisotopic (exact) mass is 353 g/mol. The summed E-state index contributed by atoms with van der Waals surface area (Å²) in [6, 6.07) is 2.03. The van der Waals surface area contributed by atoms with E-state index in [0.717, 1.165) is 48.3 Å². The van der Waals surface area contributed by atoms with Crippen molar-refractivity contribution in [2.24, 2.45) is 5.92 Å². The van der Waals surface area contributed by atoms with Crippen LogP contribution in [0.2, 0.25) is 0 Å². The lowest BCUT2D eigenvalue weighted by Crippen LogP contribution is -2.46. The first-order valence-corrected chi connectivity index (χ1v) is 9.42. The number of hydrogen-bond donors (Lipinski definition) is 1. The van der Waals surface area contributed by atoms with Crippen molar-refractivity contribution in [3.05, 3.63) is 30.5 Å². The predicted molar refractivity (Wildman–Crippen MR) is 96.9 cm³/mol. The maximum absolute atomic E-state index is 12.8. The van der Waals surface area contributed by atoms with Crippen LogP contribution in [0.5, 0.6) is 0 Å². The maximum atomic E-state index is 12.8. The van der Waals surface area contributed by atoms with Crippen molar-refractivity contribution in [3.8, 4) is 0 Å². The molecule has 1 amide bonds. The van der Waals surface area contributed by atoms with Gasteiger partial charge in [0.15, 0.2) is 5.65 Å². The van der Waals surface area contributed by atoms with E-state index in [1.807, 2.05) is 29.6 Å².